The molecule has 4 heteroatoms. The molecule has 3 N–H and O–H groups in total. The number of ether oxygens (including phenoxy) is 1. The number of piperidine rings is 1. The highest BCUT2D eigenvalue weighted by Crippen LogP contribution is 2.16. The van der Waals surface area contributed by atoms with Gasteiger partial charge in [-0.1, -0.05) is 0 Å². The van der Waals surface area contributed by atoms with Gasteiger partial charge < -0.3 is 20.7 Å². The second-order valence-corrected chi connectivity index (χ2v) is 5.55. The molecule has 2 rings (SSSR count). The van der Waals surface area contributed by atoms with Gasteiger partial charge in [0.25, 0.3) is 0 Å². The smallest absolute Gasteiger partial charge is 0.0509 e. The molecule has 0 aromatic rings. The third kappa shape index (κ3) is 4.21. The van der Waals surface area contributed by atoms with E-state index in [-0.39, 0.29) is 0 Å². The first-order valence-corrected chi connectivity index (χ1v) is 7.05. The summed E-state index contributed by atoms with van der Waals surface area (Å²) in [5.74, 6) is 0.713. The largest absolute Gasteiger partial charge is 0.381 e. The number of nitrogens with two attached hydrogens (primary N) is 1. The zero-order valence-corrected chi connectivity index (χ0v) is 11.0. The van der Waals surface area contributed by atoms with Crippen LogP contribution in [0.5, 0.6) is 0 Å². The van der Waals surface area contributed by atoms with Crippen molar-refractivity contribution in [1.29, 1.82) is 0 Å². The molecule has 4 nitrogen and oxygen atoms in total. The van der Waals surface area contributed by atoms with Gasteiger partial charge >= 0.3 is 0 Å². The van der Waals surface area contributed by atoms with E-state index >= 15 is 0 Å². The van der Waals surface area contributed by atoms with Gasteiger partial charge in [-0.2, -0.15) is 0 Å². The Morgan fingerprint density at radius 1 is 1.35 bits per heavy atom. The second-order valence-electron chi connectivity index (χ2n) is 5.55. The predicted octanol–water partition coefficient (Wildman–Crippen LogP) is 0.424. The zero-order valence-electron chi connectivity index (χ0n) is 11.0. The van der Waals surface area contributed by atoms with Gasteiger partial charge in [0.2, 0.25) is 0 Å². The lowest BCUT2D eigenvalue weighted by atomic mass is 10.0. The fourth-order valence-electron chi connectivity index (χ4n) is 2.74. The van der Waals surface area contributed by atoms with Crippen LogP contribution in [0.25, 0.3) is 0 Å². The monoisotopic (exact) mass is 241 g/mol. The maximum Gasteiger partial charge on any atom is 0.0509 e. The van der Waals surface area contributed by atoms with Gasteiger partial charge in [0.1, 0.15) is 0 Å². The number of nitrogens with zero attached hydrogens (tertiary/aromatic N) is 1. The Bertz CT molecular complexity index is 211. The van der Waals surface area contributed by atoms with E-state index in [1.165, 1.54) is 19.5 Å². The Morgan fingerprint density at radius 3 is 2.76 bits per heavy atom. The summed E-state index contributed by atoms with van der Waals surface area (Å²) >= 11 is 0. The average Bonchev–Trinajstić information content (AvgIpc) is 2.85. The Balaban J connectivity index is 1.56. The highest BCUT2D eigenvalue weighted by Gasteiger charge is 2.22. The zero-order chi connectivity index (χ0) is 12.1. The number of likely N-dealkylation sites (tertiary alicyclic amines) is 1. The molecule has 2 aliphatic rings. The molecule has 0 aromatic heterocycles. The molecule has 2 fully saturated rings. The van der Waals surface area contributed by atoms with Crippen LogP contribution in [0.1, 0.15) is 26.2 Å². The Hall–Kier alpha value is -0.160. The first-order chi connectivity index (χ1) is 8.25. The number of hydrogen-bond donors (Lipinski definition) is 2. The van der Waals surface area contributed by atoms with Crippen LogP contribution in [0.2, 0.25) is 0 Å². The van der Waals surface area contributed by atoms with Crippen molar-refractivity contribution in [1.82, 2.24) is 10.2 Å². The third-order valence-corrected chi connectivity index (χ3v) is 4.20. The van der Waals surface area contributed by atoms with Crippen molar-refractivity contribution < 1.29 is 4.74 Å². The summed E-state index contributed by atoms with van der Waals surface area (Å²) in [5.41, 5.74) is 5.90. The Morgan fingerprint density at radius 2 is 2.12 bits per heavy atom. The minimum absolute atomic E-state index is 0.439. The van der Waals surface area contributed by atoms with Crippen molar-refractivity contribution in [2.75, 3.05) is 39.4 Å². The SMILES string of the molecule is CC(NCCN1CCC(N)CC1)C1CCOC1. The van der Waals surface area contributed by atoms with Crippen LogP contribution in [0.3, 0.4) is 0 Å². The molecule has 100 valence electrons. The second kappa shape index (κ2) is 6.69. The van der Waals surface area contributed by atoms with Crippen LogP contribution in [-0.2, 0) is 4.74 Å². The van der Waals surface area contributed by atoms with Crippen molar-refractivity contribution in [2.24, 2.45) is 11.7 Å². The molecule has 0 saturated carbocycles. The summed E-state index contributed by atoms with van der Waals surface area (Å²) in [5, 5.41) is 3.63. The van der Waals surface area contributed by atoms with Crippen molar-refractivity contribution in [2.45, 2.75) is 38.3 Å². The van der Waals surface area contributed by atoms with Crippen molar-refractivity contribution in [3.8, 4) is 0 Å². The van der Waals surface area contributed by atoms with E-state index in [0.717, 1.165) is 39.1 Å². The van der Waals surface area contributed by atoms with Crippen molar-refractivity contribution in [3.63, 3.8) is 0 Å². The van der Waals surface area contributed by atoms with Gasteiger partial charge in [-0.25, -0.2) is 0 Å². The number of hydrogen-bond acceptors (Lipinski definition) is 4. The molecule has 2 aliphatic heterocycles. The maximum absolute atomic E-state index is 5.90. The molecule has 2 unspecified atom stereocenters. The van der Waals surface area contributed by atoms with Gasteiger partial charge in [0.05, 0.1) is 6.61 Å². The third-order valence-electron chi connectivity index (χ3n) is 4.20. The van der Waals surface area contributed by atoms with E-state index in [2.05, 4.69) is 17.1 Å². The molecule has 2 heterocycles. The van der Waals surface area contributed by atoms with E-state index in [9.17, 15) is 0 Å². The van der Waals surface area contributed by atoms with E-state index in [1.54, 1.807) is 0 Å². The van der Waals surface area contributed by atoms with Crippen LogP contribution in [-0.4, -0.2) is 56.4 Å². The van der Waals surface area contributed by atoms with E-state index in [1.807, 2.05) is 0 Å². The Kier molecular flexibility index (Phi) is 5.22. The summed E-state index contributed by atoms with van der Waals surface area (Å²) in [7, 11) is 0. The van der Waals surface area contributed by atoms with Crippen molar-refractivity contribution in [3.05, 3.63) is 0 Å². The average molecular weight is 241 g/mol. The van der Waals surface area contributed by atoms with Gasteiger partial charge in [0.15, 0.2) is 0 Å². The quantitative estimate of drug-likeness (QED) is 0.733. The minimum atomic E-state index is 0.439. The number of rotatable bonds is 5. The van der Waals surface area contributed by atoms with Crippen LogP contribution < -0.4 is 11.1 Å². The molecule has 0 amide bonds. The lowest BCUT2D eigenvalue weighted by molar-refractivity contribution is 0.175. The normalized spacial score (nSPS) is 29.6. The lowest BCUT2D eigenvalue weighted by Gasteiger charge is -2.30. The molecule has 17 heavy (non-hydrogen) atoms. The maximum atomic E-state index is 5.90. The van der Waals surface area contributed by atoms with Crippen LogP contribution in [0, 0.1) is 5.92 Å². The van der Waals surface area contributed by atoms with E-state index in [0.29, 0.717) is 18.0 Å². The van der Waals surface area contributed by atoms with Gasteiger partial charge in [-0.3, -0.25) is 0 Å². The fourth-order valence-corrected chi connectivity index (χ4v) is 2.74. The summed E-state index contributed by atoms with van der Waals surface area (Å²) < 4.78 is 5.42. The van der Waals surface area contributed by atoms with Crippen LogP contribution >= 0.6 is 0 Å². The van der Waals surface area contributed by atoms with E-state index in [4.69, 9.17) is 10.5 Å². The lowest BCUT2D eigenvalue weighted by Crippen LogP contribution is -2.44. The number of nitrogens with one attached hydrogen (secondary N) is 1. The molecule has 2 atom stereocenters. The molecule has 0 spiro atoms. The first-order valence-electron chi connectivity index (χ1n) is 7.05. The topological polar surface area (TPSA) is 50.5 Å². The predicted molar refractivity (Wildman–Crippen MR) is 70.0 cm³/mol. The first kappa shape index (κ1) is 13.3. The Labute approximate surface area is 105 Å². The minimum Gasteiger partial charge on any atom is -0.381 e. The highest BCUT2D eigenvalue weighted by atomic mass is 16.5. The van der Waals surface area contributed by atoms with Crippen molar-refractivity contribution >= 4 is 0 Å². The summed E-state index contributed by atoms with van der Waals surface area (Å²) in [6.07, 6.45) is 3.53. The standard InChI is InChI=1S/C13H27N3O/c1-11(12-4-9-17-10-12)15-5-8-16-6-2-13(14)3-7-16/h11-13,15H,2-10,14H2,1H3. The van der Waals surface area contributed by atoms with Crippen LogP contribution in [0.15, 0.2) is 0 Å². The molecular weight excluding hydrogens is 214 g/mol. The summed E-state index contributed by atoms with van der Waals surface area (Å²) in [6, 6.07) is 1.03. The van der Waals surface area contributed by atoms with E-state index < -0.39 is 0 Å². The molecule has 0 radical (unpaired) electrons. The molecule has 0 bridgehead atoms. The highest BCUT2D eigenvalue weighted by molar-refractivity contribution is 4.78. The van der Waals surface area contributed by atoms with Crippen LogP contribution in [0.4, 0.5) is 0 Å². The molecule has 0 aromatic carbocycles. The molecule has 2 saturated heterocycles. The summed E-state index contributed by atoms with van der Waals surface area (Å²) in [4.78, 5) is 2.52. The summed E-state index contributed by atoms with van der Waals surface area (Å²) in [6.45, 7) is 8.75. The fraction of sp³-hybridized carbons (Fsp3) is 1.00. The van der Waals surface area contributed by atoms with Gasteiger partial charge in [-0.05, 0) is 45.2 Å². The van der Waals surface area contributed by atoms with Gasteiger partial charge in [-0.15, -0.1) is 0 Å². The molecular formula is C13H27N3O. The molecule has 0 aliphatic carbocycles. The van der Waals surface area contributed by atoms with Gasteiger partial charge in [0, 0.05) is 31.8 Å².